The molecule has 0 fully saturated rings. The summed E-state index contributed by atoms with van der Waals surface area (Å²) < 4.78 is 25.4. The summed E-state index contributed by atoms with van der Waals surface area (Å²) in [6.45, 7) is 19.9. The smallest absolute Gasteiger partial charge is 0.147 e. The Morgan fingerprint density at radius 3 is 1.23 bits per heavy atom. The molecule has 0 aliphatic heterocycles. The molecule has 0 spiro atoms. The first kappa shape index (κ1) is 30.2. The van der Waals surface area contributed by atoms with E-state index in [1.807, 2.05) is 13.8 Å². The maximum absolute atomic E-state index is 7.05. The summed E-state index contributed by atoms with van der Waals surface area (Å²) in [5, 5.41) is 0. The molecule has 0 radical (unpaired) electrons. The van der Waals surface area contributed by atoms with E-state index in [1.165, 1.54) is 25.7 Å². The summed E-state index contributed by atoms with van der Waals surface area (Å²) in [6.07, 6.45) is 6.78. The van der Waals surface area contributed by atoms with Crippen LogP contribution in [0, 0.1) is 10.8 Å². The average molecular weight is 464 g/mol. The van der Waals surface area contributed by atoms with E-state index in [-0.39, 0.29) is 6.04 Å². The van der Waals surface area contributed by atoms with Crippen molar-refractivity contribution in [3.63, 3.8) is 0 Å². The van der Waals surface area contributed by atoms with E-state index in [0.29, 0.717) is 26.4 Å². The molecule has 7 heteroatoms. The zero-order chi connectivity index (χ0) is 23.5. The first-order valence-electron chi connectivity index (χ1n) is 12.2. The first-order chi connectivity index (χ1) is 13.9. The molecule has 0 rings (SSSR count). The molecule has 30 heavy (non-hydrogen) atoms. The predicted octanol–water partition coefficient (Wildman–Crippen LogP) is 2.89. The summed E-state index contributed by atoms with van der Waals surface area (Å²) in [7, 11) is 1.47. The quantitative estimate of drug-likeness (QED) is 0.192. The van der Waals surface area contributed by atoms with E-state index in [0.717, 1.165) is 33.3 Å². The van der Waals surface area contributed by atoms with Crippen LogP contribution in [0.2, 0.25) is 0 Å². The normalized spacial score (nSPS) is 18.3. The molecule has 0 saturated heterocycles. The van der Waals surface area contributed by atoms with Gasteiger partial charge < -0.3 is 24.7 Å². The van der Waals surface area contributed by atoms with Crippen LogP contribution in [0.4, 0.5) is 0 Å². The Hall–Kier alpha value is 0.234. The number of nitrogens with two attached hydrogens (primary N) is 1. The van der Waals surface area contributed by atoms with Gasteiger partial charge in [0.1, 0.15) is 10.8 Å². The minimum atomic E-state index is -0.650. The largest absolute Gasteiger partial charge is 0.354 e. The van der Waals surface area contributed by atoms with Gasteiger partial charge in [0.2, 0.25) is 0 Å². The van der Waals surface area contributed by atoms with Gasteiger partial charge in [-0.15, -0.1) is 0 Å². The van der Waals surface area contributed by atoms with Crippen LogP contribution >= 0.6 is 0 Å². The topological polar surface area (TPSA) is 62.9 Å². The van der Waals surface area contributed by atoms with Gasteiger partial charge >= 0.3 is 0 Å². The van der Waals surface area contributed by atoms with Crippen LogP contribution in [0.3, 0.4) is 0 Å². The number of unbranched alkanes of at least 4 members (excludes halogenated alkanes) is 4. The van der Waals surface area contributed by atoms with Crippen molar-refractivity contribution in [3.05, 3.63) is 0 Å². The Labute approximate surface area is 193 Å². The second-order valence-corrected chi connectivity index (χ2v) is 12.4. The van der Waals surface area contributed by atoms with Gasteiger partial charge in [0.25, 0.3) is 0 Å². The molecule has 0 aromatic carbocycles. The minimum Gasteiger partial charge on any atom is -0.354 e. The van der Waals surface area contributed by atoms with E-state index in [9.17, 15) is 0 Å². The lowest BCUT2D eigenvalue weighted by molar-refractivity contribution is -0.277. The third-order valence-electron chi connectivity index (χ3n) is 6.99. The van der Waals surface area contributed by atoms with Crippen LogP contribution in [0.5, 0.6) is 0 Å². The number of hydrogen-bond acceptors (Lipinski definition) is 5. The van der Waals surface area contributed by atoms with E-state index < -0.39 is 21.7 Å². The van der Waals surface area contributed by atoms with Crippen LogP contribution in [-0.2, 0) is 18.9 Å². The molecule has 0 aliphatic carbocycles. The van der Waals surface area contributed by atoms with Gasteiger partial charge in [-0.3, -0.25) is 0 Å². The van der Waals surface area contributed by atoms with E-state index in [2.05, 4.69) is 41.5 Å². The van der Waals surface area contributed by atoms with Gasteiger partial charge in [0, 0.05) is 43.3 Å². The average Bonchev–Trinajstić information content (AvgIpc) is 2.68. The Kier molecular flexibility index (Phi) is 13.8. The van der Waals surface area contributed by atoms with Gasteiger partial charge in [0.05, 0.1) is 20.5 Å². The molecule has 0 aromatic rings. The highest BCUT2D eigenvalue weighted by Gasteiger charge is 2.57. The third-order valence-corrected chi connectivity index (χ3v) is 10.7. The summed E-state index contributed by atoms with van der Waals surface area (Å²) in [5.41, 5.74) is 4.95. The maximum Gasteiger partial charge on any atom is 0.147 e. The summed E-state index contributed by atoms with van der Waals surface area (Å²) in [4.78, 5) is 0. The van der Waals surface area contributed by atoms with Gasteiger partial charge in [-0.1, -0.05) is 67.2 Å². The Morgan fingerprint density at radius 1 is 0.633 bits per heavy atom. The first-order valence-corrected chi connectivity index (χ1v) is 14.2. The lowest BCUT2D eigenvalue weighted by atomic mass is 9.68. The van der Waals surface area contributed by atoms with Crippen molar-refractivity contribution in [2.75, 3.05) is 26.4 Å². The van der Waals surface area contributed by atoms with E-state index in [1.54, 1.807) is 0 Å². The number of rotatable bonds is 18. The number of ether oxygens (including phenoxy) is 4. The van der Waals surface area contributed by atoms with Crippen molar-refractivity contribution in [1.29, 1.82) is 0 Å². The molecule has 0 bridgehead atoms. The highest BCUT2D eigenvalue weighted by Crippen LogP contribution is 2.47. The van der Waals surface area contributed by atoms with Crippen molar-refractivity contribution in [3.8, 4) is 0 Å². The molecule has 0 aromatic heterocycles. The fraction of sp³-hybridized carbons (Fsp3) is 1.00. The fourth-order valence-corrected chi connectivity index (χ4v) is 5.69. The lowest BCUT2D eigenvalue weighted by Gasteiger charge is -2.56. The Balaban J connectivity index is 5.70. The predicted molar refractivity (Wildman–Crippen MR) is 135 cm³/mol. The van der Waals surface area contributed by atoms with Crippen molar-refractivity contribution in [2.24, 2.45) is 16.6 Å². The molecule has 0 heterocycles. The van der Waals surface area contributed by atoms with Crippen LogP contribution in [0.1, 0.15) is 93.9 Å². The van der Waals surface area contributed by atoms with Crippen LogP contribution in [0.15, 0.2) is 0 Å². The molecular weight excluding hydrogens is 410 g/mol. The SMILES string of the molecule is CCCCCOC([SiH3])(OCC)C(C)(C)C(N)C(C)(C)C([SiH3])(OCC)OCCCCC. The van der Waals surface area contributed by atoms with Gasteiger partial charge in [-0.25, -0.2) is 0 Å². The van der Waals surface area contributed by atoms with Gasteiger partial charge in [0.15, 0.2) is 0 Å². The molecule has 0 saturated carbocycles. The molecule has 0 amide bonds. The summed E-state index contributed by atoms with van der Waals surface area (Å²) in [5.74, 6) is 0. The summed E-state index contributed by atoms with van der Waals surface area (Å²) in [6, 6.07) is -0.226. The Bertz CT molecular complexity index is 424. The monoisotopic (exact) mass is 463 g/mol. The highest BCUT2D eigenvalue weighted by molar-refractivity contribution is 6.14. The third kappa shape index (κ3) is 7.68. The minimum absolute atomic E-state index is 0.226. The zero-order valence-corrected chi connectivity index (χ0v) is 25.9. The van der Waals surface area contributed by atoms with Crippen molar-refractivity contribution < 1.29 is 18.9 Å². The molecule has 182 valence electrons. The summed E-state index contributed by atoms with van der Waals surface area (Å²) >= 11 is 0. The molecule has 2 unspecified atom stereocenters. The van der Waals surface area contributed by atoms with Gasteiger partial charge in [-0.05, 0) is 26.7 Å². The second-order valence-electron chi connectivity index (χ2n) is 9.79. The molecular formula is C23H53NO4Si2. The van der Waals surface area contributed by atoms with Crippen molar-refractivity contribution in [2.45, 2.75) is 111 Å². The maximum atomic E-state index is 7.05. The van der Waals surface area contributed by atoms with Crippen LogP contribution in [-0.4, -0.2) is 63.8 Å². The molecule has 0 aliphatic rings. The van der Waals surface area contributed by atoms with Crippen molar-refractivity contribution >= 4 is 20.5 Å². The Morgan fingerprint density at radius 2 is 0.967 bits per heavy atom. The van der Waals surface area contributed by atoms with E-state index in [4.69, 9.17) is 24.7 Å². The fourth-order valence-electron chi connectivity index (χ4n) is 4.08. The second kappa shape index (κ2) is 13.7. The van der Waals surface area contributed by atoms with Crippen LogP contribution in [0.25, 0.3) is 0 Å². The van der Waals surface area contributed by atoms with E-state index >= 15 is 0 Å². The highest BCUT2D eigenvalue weighted by atomic mass is 28.2. The standard InChI is InChI=1S/C23H53NO4Si2/c1-9-13-15-17-27-22(29,25-11-3)20(5,6)19(24)21(7,8)23(30,26-12-4)28-18-16-14-10-2/h19H,9-18,24H2,1-8,29-30H3. The zero-order valence-electron chi connectivity index (χ0n) is 21.9. The van der Waals surface area contributed by atoms with Crippen LogP contribution < -0.4 is 5.73 Å². The number of hydrogen-bond donors (Lipinski definition) is 1. The molecule has 2 atom stereocenters. The molecule has 2 N–H and O–H groups in total. The molecule has 5 nitrogen and oxygen atoms in total. The van der Waals surface area contributed by atoms with Gasteiger partial charge in [-0.2, -0.15) is 0 Å². The van der Waals surface area contributed by atoms with Crippen molar-refractivity contribution in [1.82, 2.24) is 0 Å². The lowest BCUT2D eigenvalue weighted by Crippen LogP contribution is -2.68.